The van der Waals surface area contributed by atoms with Gasteiger partial charge in [0, 0.05) is 23.9 Å². The molecule has 0 unspecified atom stereocenters. The summed E-state index contributed by atoms with van der Waals surface area (Å²) in [5, 5.41) is 9.48. The fourth-order valence-corrected chi connectivity index (χ4v) is 4.03. The molecule has 132 valence electrons. The highest BCUT2D eigenvalue weighted by Crippen LogP contribution is 2.32. The van der Waals surface area contributed by atoms with Gasteiger partial charge in [-0.1, -0.05) is 13.8 Å². The zero-order valence-electron chi connectivity index (χ0n) is 14.2. The van der Waals surface area contributed by atoms with Crippen molar-refractivity contribution in [2.45, 2.75) is 35.8 Å². The Hall–Kier alpha value is -2.52. The van der Waals surface area contributed by atoms with E-state index in [0.29, 0.717) is 12.5 Å². The lowest BCUT2D eigenvalue weighted by Gasteiger charge is -2.07. The van der Waals surface area contributed by atoms with Crippen LogP contribution in [0, 0.1) is 0 Å². The minimum Gasteiger partial charge on any atom is -0.467 e. The van der Waals surface area contributed by atoms with E-state index in [-0.39, 0.29) is 0 Å². The molecule has 0 saturated carbocycles. The van der Waals surface area contributed by atoms with E-state index in [1.807, 2.05) is 28.8 Å². The van der Waals surface area contributed by atoms with Crippen molar-refractivity contribution in [1.82, 2.24) is 29.1 Å². The fourth-order valence-electron chi connectivity index (χ4n) is 2.35. The Balaban J connectivity index is 1.70. The number of nitrogens with zero attached hydrogens (tertiary/aromatic N) is 6. The van der Waals surface area contributed by atoms with Crippen LogP contribution in [0.4, 0.5) is 0 Å². The Morgan fingerprint density at radius 1 is 1.23 bits per heavy atom. The normalized spacial score (nSPS) is 11.3. The average Bonchev–Trinajstić information content (AvgIpc) is 3.39. The molecule has 7 nitrogen and oxygen atoms in total. The van der Waals surface area contributed by atoms with Crippen molar-refractivity contribution in [3.63, 3.8) is 0 Å². The van der Waals surface area contributed by atoms with Crippen LogP contribution in [0.2, 0.25) is 0 Å². The van der Waals surface area contributed by atoms with E-state index in [4.69, 9.17) is 4.42 Å². The standard InChI is InChI=1S/C17H16N6OS2/c1-11(2)14-19-17(26-22-14)25-16-21-20-15(12-5-3-7-18-9-12)23(16)10-13-6-4-8-24-13/h3-9,11H,10H2,1-2H3. The summed E-state index contributed by atoms with van der Waals surface area (Å²) in [7, 11) is 0. The lowest BCUT2D eigenvalue weighted by Crippen LogP contribution is -2.03. The van der Waals surface area contributed by atoms with Gasteiger partial charge in [0.25, 0.3) is 0 Å². The molecular weight excluding hydrogens is 368 g/mol. The zero-order valence-corrected chi connectivity index (χ0v) is 15.9. The lowest BCUT2D eigenvalue weighted by atomic mass is 10.2. The van der Waals surface area contributed by atoms with Gasteiger partial charge in [-0.2, -0.15) is 4.37 Å². The molecule has 0 spiro atoms. The highest BCUT2D eigenvalue weighted by atomic mass is 32.2. The first-order chi connectivity index (χ1) is 12.7. The van der Waals surface area contributed by atoms with E-state index >= 15 is 0 Å². The first-order valence-electron chi connectivity index (χ1n) is 8.08. The molecule has 0 aliphatic heterocycles. The van der Waals surface area contributed by atoms with Crippen LogP contribution in [0.1, 0.15) is 31.4 Å². The molecule has 4 heterocycles. The second-order valence-electron chi connectivity index (χ2n) is 5.89. The smallest absolute Gasteiger partial charge is 0.199 e. The van der Waals surface area contributed by atoms with Gasteiger partial charge >= 0.3 is 0 Å². The molecule has 0 aromatic carbocycles. The molecule has 0 amide bonds. The molecule has 0 N–H and O–H groups in total. The van der Waals surface area contributed by atoms with Crippen LogP contribution >= 0.6 is 23.3 Å². The van der Waals surface area contributed by atoms with Crippen LogP contribution < -0.4 is 0 Å². The number of hydrogen-bond acceptors (Lipinski definition) is 8. The molecule has 0 aliphatic carbocycles. The van der Waals surface area contributed by atoms with Crippen LogP contribution in [0.5, 0.6) is 0 Å². The number of hydrogen-bond donors (Lipinski definition) is 0. The molecule has 26 heavy (non-hydrogen) atoms. The third kappa shape index (κ3) is 3.54. The van der Waals surface area contributed by atoms with E-state index in [9.17, 15) is 0 Å². The highest BCUT2D eigenvalue weighted by molar-refractivity contribution is 8.00. The maximum Gasteiger partial charge on any atom is 0.199 e. The van der Waals surface area contributed by atoms with Gasteiger partial charge in [0.1, 0.15) is 11.6 Å². The summed E-state index contributed by atoms with van der Waals surface area (Å²) in [4.78, 5) is 8.76. The molecule has 4 aromatic rings. The Morgan fingerprint density at radius 3 is 2.85 bits per heavy atom. The molecule has 4 aromatic heterocycles. The average molecular weight is 384 g/mol. The summed E-state index contributed by atoms with van der Waals surface area (Å²) >= 11 is 2.84. The van der Waals surface area contributed by atoms with Crippen molar-refractivity contribution in [3.05, 3.63) is 54.5 Å². The molecule has 0 atom stereocenters. The summed E-state index contributed by atoms with van der Waals surface area (Å²) in [5.41, 5.74) is 0.901. The Kier molecular flexibility index (Phi) is 4.81. The molecule has 0 aliphatic rings. The number of pyridine rings is 1. The second kappa shape index (κ2) is 7.38. The maximum atomic E-state index is 5.51. The summed E-state index contributed by atoms with van der Waals surface area (Å²) < 4.78 is 12.8. The summed E-state index contributed by atoms with van der Waals surface area (Å²) in [6, 6.07) is 7.65. The largest absolute Gasteiger partial charge is 0.467 e. The van der Waals surface area contributed by atoms with Crippen LogP contribution in [0.3, 0.4) is 0 Å². The third-order valence-electron chi connectivity index (χ3n) is 3.65. The lowest BCUT2D eigenvalue weighted by molar-refractivity contribution is 0.485. The van der Waals surface area contributed by atoms with E-state index in [2.05, 4.69) is 38.4 Å². The number of aromatic nitrogens is 6. The van der Waals surface area contributed by atoms with Gasteiger partial charge in [-0.05, 0) is 47.6 Å². The molecule has 0 radical (unpaired) electrons. The van der Waals surface area contributed by atoms with Gasteiger partial charge in [-0.3, -0.25) is 9.55 Å². The quantitative estimate of drug-likeness (QED) is 0.495. The predicted molar refractivity (Wildman–Crippen MR) is 99.2 cm³/mol. The third-order valence-corrected chi connectivity index (χ3v) is 5.40. The topological polar surface area (TPSA) is 82.5 Å². The molecule has 0 saturated heterocycles. The van der Waals surface area contributed by atoms with Crippen LogP contribution in [-0.4, -0.2) is 29.1 Å². The van der Waals surface area contributed by atoms with Crippen molar-refractivity contribution in [2.24, 2.45) is 0 Å². The Bertz CT molecular complexity index is 978. The van der Waals surface area contributed by atoms with Crippen LogP contribution in [-0.2, 0) is 6.54 Å². The van der Waals surface area contributed by atoms with E-state index in [0.717, 1.165) is 32.5 Å². The van der Waals surface area contributed by atoms with Gasteiger partial charge in [0.05, 0.1) is 12.8 Å². The molecule has 4 rings (SSSR count). The van der Waals surface area contributed by atoms with Gasteiger partial charge in [0.15, 0.2) is 15.3 Å². The van der Waals surface area contributed by atoms with Gasteiger partial charge < -0.3 is 4.42 Å². The summed E-state index contributed by atoms with van der Waals surface area (Å²) in [6.45, 7) is 4.69. The van der Waals surface area contributed by atoms with E-state index in [1.54, 1.807) is 18.7 Å². The van der Waals surface area contributed by atoms with E-state index < -0.39 is 0 Å². The molecule has 0 fully saturated rings. The minimum absolute atomic E-state index is 0.299. The van der Waals surface area contributed by atoms with Crippen molar-refractivity contribution in [3.8, 4) is 11.4 Å². The van der Waals surface area contributed by atoms with Crippen molar-refractivity contribution >= 4 is 23.3 Å². The molecule has 9 heteroatoms. The monoisotopic (exact) mass is 384 g/mol. The summed E-state index contributed by atoms with van der Waals surface area (Å²) in [6.07, 6.45) is 5.18. The predicted octanol–water partition coefficient (Wildman–Crippen LogP) is 4.11. The number of rotatable bonds is 6. The van der Waals surface area contributed by atoms with Gasteiger partial charge in [-0.15, -0.1) is 10.2 Å². The van der Waals surface area contributed by atoms with Gasteiger partial charge in [0.2, 0.25) is 0 Å². The van der Waals surface area contributed by atoms with Crippen LogP contribution in [0.15, 0.2) is 56.8 Å². The van der Waals surface area contributed by atoms with Crippen molar-refractivity contribution < 1.29 is 4.42 Å². The molecule has 0 bridgehead atoms. The van der Waals surface area contributed by atoms with Crippen molar-refractivity contribution in [2.75, 3.05) is 0 Å². The first-order valence-corrected chi connectivity index (χ1v) is 9.67. The molecular formula is C17H16N6OS2. The zero-order chi connectivity index (χ0) is 17.9. The maximum absolute atomic E-state index is 5.51. The highest BCUT2D eigenvalue weighted by Gasteiger charge is 2.18. The summed E-state index contributed by atoms with van der Waals surface area (Å²) in [5.74, 6) is 2.72. The van der Waals surface area contributed by atoms with Crippen molar-refractivity contribution in [1.29, 1.82) is 0 Å². The second-order valence-corrected chi connectivity index (χ2v) is 7.85. The first kappa shape index (κ1) is 16.9. The van der Waals surface area contributed by atoms with E-state index in [1.165, 1.54) is 23.3 Å². The Morgan fingerprint density at radius 2 is 2.15 bits per heavy atom. The Labute approximate surface area is 158 Å². The number of furan rings is 1. The van der Waals surface area contributed by atoms with Crippen LogP contribution in [0.25, 0.3) is 11.4 Å². The fraction of sp³-hybridized carbons (Fsp3) is 0.235. The SMILES string of the molecule is CC(C)c1nsc(Sc2nnc(-c3cccnc3)n2Cc2ccco2)n1. The minimum atomic E-state index is 0.299. The van der Waals surface area contributed by atoms with Gasteiger partial charge in [-0.25, -0.2) is 4.98 Å².